The Labute approximate surface area is 148 Å². The molecule has 0 fully saturated rings. The molecule has 2 heteroatoms. The lowest BCUT2D eigenvalue weighted by Gasteiger charge is -2.37. The van der Waals surface area contributed by atoms with Crippen LogP contribution in [0.5, 0.6) is 0 Å². The highest BCUT2D eigenvalue weighted by molar-refractivity contribution is 6.30. The number of hydrogen-bond acceptors (Lipinski definition) is 0. The number of halogens is 1. The lowest BCUT2D eigenvalue weighted by molar-refractivity contribution is -0.924. The molecular weight excluding hydrogens is 302 g/mol. The normalized spacial score (nSPS) is 12.2. The Hall–Kier alpha value is -0.790. The summed E-state index contributed by atoms with van der Waals surface area (Å²) in [7, 11) is 0. The number of hydrogen-bond donors (Lipinski definition) is 0. The molecule has 0 saturated heterocycles. The van der Waals surface area contributed by atoms with Crippen LogP contribution >= 0.6 is 11.6 Å². The van der Waals surface area contributed by atoms with Crippen molar-refractivity contribution in [3.63, 3.8) is 0 Å². The molecule has 0 bridgehead atoms. The van der Waals surface area contributed by atoms with Crippen molar-refractivity contribution in [2.45, 2.75) is 59.3 Å². The third-order valence-corrected chi connectivity index (χ3v) is 5.28. The summed E-state index contributed by atoms with van der Waals surface area (Å²) in [5.74, 6) is 0. The molecule has 1 rings (SSSR count). The average molecular weight is 337 g/mol. The van der Waals surface area contributed by atoms with Crippen molar-refractivity contribution in [2.24, 2.45) is 0 Å². The minimum absolute atomic E-state index is 0.804. The summed E-state index contributed by atoms with van der Waals surface area (Å²) in [6, 6.07) is 8.06. The summed E-state index contributed by atoms with van der Waals surface area (Å²) in [6.45, 7) is 12.1. The first-order valence-electron chi connectivity index (χ1n) is 9.43. The predicted molar refractivity (Wildman–Crippen MR) is 105 cm³/mol. The standard InChI is InChI=1S/C21H35ClN/c1-4-7-8-9-11-18-23(5-2,6-3)19-12-10-13-20-14-16-21(22)17-15-20/h10,13-17H,4-9,11-12,18-19H2,1-3H3/q+1. The second kappa shape index (κ2) is 11.7. The molecule has 23 heavy (non-hydrogen) atoms. The summed E-state index contributed by atoms with van der Waals surface area (Å²) in [4.78, 5) is 0. The summed E-state index contributed by atoms with van der Waals surface area (Å²) in [5.41, 5.74) is 1.24. The van der Waals surface area contributed by atoms with E-state index in [1.165, 1.54) is 68.3 Å². The van der Waals surface area contributed by atoms with Gasteiger partial charge in [0, 0.05) is 11.4 Å². The Morgan fingerprint density at radius 2 is 1.52 bits per heavy atom. The Morgan fingerprint density at radius 1 is 0.870 bits per heavy atom. The predicted octanol–water partition coefficient (Wildman–Crippen LogP) is 6.57. The zero-order valence-electron chi connectivity index (χ0n) is 15.4. The number of unbranched alkanes of at least 4 members (excludes halogenated alkanes) is 4. The van der Waals surface area contributed by atoms with Gasteiger partial charge in [0.05, 0.1) is 26.2 Å². The van der Waals surface area contributed by atoms with Gasteiger partial charge in [-0.25, -0.2) is 0 Å². The van der Waals surface area contributed by atoms with Crippen molar-refractivity contribution < 1.29 is 4.48 Å². The van der Waals surface area contributed by atoms with Gasteiger partial charge in [0.2, 0.25) is 0 Å². The van der Waals surface area contributed by atoms with Gasteiger partial charge in [0.1, 0.15) is 0 Å². The molecule has 0 aliphatic heterocycles. The third-order valence-electron chi connectivity index (χ3n) is 5.03. The van der Waals surface area contributed by atoms with Gasteiger partial charge in [0.15, 0.2) is 0 Å². The first kappa shape index (κ1) is 20.3. The molecule has 0 spiro atoms. The highest BCUT2D eigenvalue weighted by Gasteiger charge is 2.21. The molecule has 0 saturated carbocycles. The maximum atomic E-state index is 5.92. The highest BCUT2D eigenvalue weighted by Crippen LogP contribution is 2.14. The van der Waals surface area contributed by atoms with E-state index in [9.17, 15) is 0 Å². The van der Waals surface area contributed by atoms with Crippen molar-refractivity contribution in [2.75, 3.05) is 26.2 Å². The van der Waals surface area contributed by atoms with Gasteiger partial charge in [-0.3, -0.25) is 0 Å². The van der Waals surface area contributed by atoms with E-state index < -0.39 is 0 Å². The van der Waals surface area contributed by atoms with E-state index in [1.54, 1.807) is 0 Å². The van der Waals surface area contributed by atoms with E-state index >= 15 is 0 Å². The van der Waals surface area contributed by atoms with Crippen molar-refractivity contribution in [3.05, 3.63) is 40.9 Å². The SMILES string of the molecule is CCCCCCC[N+](CC)(CC)CCC=Cc1ccc(Cl)cc1. The lowest BCUT2D eigenvalue weighted by atomic mass is 10.1. The molecule has 1 aromatic rings. The van der Waals surface area contributed by atoms with Gasteiger partial charge in [-0.1, -0.05) is 62.1 Å². The second-order valence-corrected chi connectivity index (χ2v) is 7.01. The third kappa shape index (κ3) is 8.04. The minimum atomic E-state index is 0.804. The summed E-state index contributed by atoms with van der Waals surface area (Å²) >= 11 is 5.92. The topological polar surface area (TPSA) is 0 Å². The Bertz CT molecular complexity index is 432. The number of benzene rings is 1. The minimum Gasteiger partial charge on any atom is -0.324 e. The number of nitrogens with zero attached hydrogens (tertiary/aromatic N) is 1. The quantitative estimate of drug-likeness (QED) is 0.299. The van der Waals surface area contributed by atoms with Crippen LogP contribution in [-0.2, 0) is 0 Å². The Morgan fingerprint density at radius 3 is 2.13 bits per heavy atom. The number of quaternary nitrogens is 1. The van der Waals surface area contributed by atoms with E-state index in [1.807, 2.05) is 12.1 Å². The van der Waals surface area contributed by atoms with Crippen LogP contribution < -0.4 is 0 Å². The van der Waals surface area contributed by atoms with E-state index in [0.717, 1.165) is 11.4 Å². The van der Waals surface area contributed by atoms with Crippen molar-refractivity contribution in [3.8, 4) is 0 Å². The first-order chi connectivity index (χ1) is 11.2. The zero-order valence-corrected chi connectivity index (χ0v) is 16.1. The van der Waals surface area contributed by atoms with Crippen LogP contribution in [0.2, 0.25) is 5.02 Å². The van der Waals surface area contributed by atoms with Crippen molar-refractivity contribution >= 4 is 17.7 Å². The van der Waals surface area contributed by atoms with Crippen LogP contribution in [-0.4, -0.2) is 30.7 Å². The monoisotopic (exact) mass is 336 g/mol. The fraction of sp³-hybridized carbons (Fsp3) is 0.619. The van der Waals surface area contributed by atoms with Crippen LogP contribution in [0.15, 0.2) is 30.3 Å². The molecule has 0 amide bonds. The van der Waals surface area contributed by atoms with Gasteiger partial charge in [-0.2, -0.15) is 0 Å². The van der Waals surface area contributed by atoms with Gasteiger partial charge in [0.25, 0.3) is 0 Å². The van der Waals surface area contributed by atoms with Crippen LogP contribution in [0, 0.1) is 0 Å². The summed E-state index contributed by atoms with van der Waals surface area (Å²) in [6.07, 6.45) is 12.6. The molecule has 0 aliphatic rings. The first-order valence-corrected chi connectivity index (χ1v) is 9.80. The van der Waals surface area contributed by atoms with Crippen molar-refractivity contribution in [1.82, 2.24) is 0 Å². The fourth-order valence-corrected chi connectivity index (χ4v) is 3.29. The molecule has 0 atom stereocenters. The summed E-state index contributed by atoms with van der Waals surface area (Å²) < 4.78 is 1.26. The van der Waals surface area contributed by atoms with E-state index in [-0.39, 0.29) is 0 Å². The van der Waals surface area contributed by atoms with E-state index in [2.05, 4.69) is 45.1 Å². The maximum absolute atomic E-state index is 5.92. The van der Waals surface area contributed by atoms with Gasteiger partial charge >= 0.3 is 0 Å². The van der Waals surface area contributed by atoms with Crippen LogP contribution in [0.3, 0.4) is 0 Å². The second-order valence-electron chi connectivity index (χ2n) is 6.58. The summed E-state index contributed by atoms with van der Waals surface area (Å²) in [5, 5.41) is 0.804. The van der Waals surface area contributed by atoms with Crippen molar-refractivity contribution in [1.29, 1.82) is 0 Å². The molecule has 0 heterocycles. The van der Waals surface area contributed by atoms with Crippen LogP contribution in [0.4, 0.5) is 0 Å². The fourth-order valence-electron chi connectivity index (χ4n) is 3.16. The molecule has 1 nitrogen and oxygen atoms in total. The molecule has 0 N–H and O–H groups in total. The Balaban J connectivity index is 2.40. The van der Waals surface area contributed by atoms with E-state index in [4.69, 9.17) is 11.6 Å². The molecule has 0 aliphatic carbocycles. The molecule has 0 unspecified atom stereocenters. The highest BCUT2D eigenvalue weighted by atomic mass is 35.5. The number of rotatable bonds is 12. The van der Waals surface area contributed by atoms with Gasteiger partial charge in [-0.15, -0.1) is 0 Å². The van der Waals surface area contributed by atoms with Crippen LogP contribution in [0.25, 0.3) is 6.08 Å². The van der Waals surface area contributed by atoms with Gasteiger partial charge in [-0.05, 0) is 44.4 Å². The van der Waals surface area contributed by atoms with Crippen LogP contribution in [0.1, 0.15) is 64.9 Å². The molecule has 0 aromatic heterocycles. The lowest BCUT2D eigenvalue weighted by Crippen LogP contribution is -2.48. The molecule has 130 valence electrons. The smallest absolute Gasteiger partial charge is 0.0821 e. The molecule has 0 radical (unpaired) electrons. The molecular formula is C21H35ClN+. The zero-order chi connectivity index (χ0) is 17.0. The largest absolute Gasteiger partial charge is 0.324 e. The molecule has 1 aromatic carbocycles. The van der Waals surface area contributed by atoms with E-state index in [0.29, 0.717) is 0 Å². The average Bonchev–Trinajstić information content (AvgIpc) is 2.58. The van der Waals surface area contributed by atoms with Gasteiger partial charge < -0.3 is 4.48 Å². The maximum Gasteiger partial charge on any atom is 0.0821 e. The Kier molecular flexibility index (Phi) is 10.3.